The second kappa shape index (κ2) is 9.98. The Hall–Kier alpha value is -2.99. The number of nitrogens with two attached hydrogens (primary N) is 1. The molecule has 1 aromatic heterocycles. The van der Waals surface area contributed by atoms with E-state index in [0.29, 0.717) is 5.69 Å². The van der Waals surface area contributed by atoms with Crippen molar-refractivity contribution in [3.05, 3.63) is 65.9 Å². The van der Waals surface area contributed by atoms with E-state index in [1.54, 1.807) is 6.07 Å². The smallest absolute Gasteiger partial charge is 0.248 e. The van der Waals surface area contributed by atoms with Crippen LogP contribution in [0.25, 0.3) is 17.0 Å². The minimum absolute atomic E-state index is 0.157. The van der Waals surface area contributed by atoms with Gasteiger partial charge in [-0.3, -0.25) is 9.59 Å². The average Bonchev–Trinajstić information content (AvgIpc) is 3.07. The first-order valence-corrected chi connectivity index (χ1v) is 10.6. The van der Waals surface area contributed by atoms with Gasteiger partial charge in [0.1, 0.15) is 11.3 Å². The van der Waals surface area contributed by atoms with E-state index in [9.17, 15) is 9.59 Å². The Bertz CT molecular complexity index is 1040. The number of carbonyl (C=O) groups is 2. The highest BCUT2D eigenvalue weighted by Gasteiger charge is 2.12. The number of para-hydroxylation sites is 2. The number of anilines is 1. The molecule has 0 radical (unpaired) electrons. The maximum Gasteiger partial charge on any atom is 0.248 e. The summed E-state index contributed by atoms with van der Waals surface area (Å²) in [5.74, 6) is 0.408. The van der Waals surface area contributed by atoms with Crippen LogP contribution in [0.1, 0.15) is 31.1 Å². The summed E-state index contributed by atoms with van der Waals surface area (Å²) in [7, 11) is 0. The van der Waals surface area contributed by atoms with Crippen molar-refractivity contribution in [2.24, 2.45) is 5.73 Å². The van der Waals surface area contributed by atoms with Gasteiger partial charge in [-0.05, 0) is 30.7 Å². The van der Waals surface area contributed by atoms with E-state index in [-0.39, 0.29) is 11.7 Å². The molecule has 6 heteroatoms. The molecule has 0 bridgehead atoms. The summed E-state index contributed by atoms with van der Waals surface area (Å²) in [6.45, 7) is 2.14. The zero-order chi connectivity index (χ0) is 20.6. The van der Waals surface area contributed by atoms with Crippen molar-refractivity contribution in [2.45, 2.75) is 31.1 Å². The number of unbranched alkanes of at least 4 members (excludes halogenated alkanes) is 1. The highest BCUT2D eigenvalue weighted by molar-refractivity contribution is 8.00. The number of carbonyl (C=O) groups excluding carboxylic acids is 2. The molecule has 29 heavy (non-hydrogen) atoms. The van der Waals surface area contributed by atoms with Gasteiger partial charge in [0.25, 0.3) is 0 Å². The van der Waals surface area contributed by atoms with Crippen LogP contribution in [-0.4, -0.2) is 17.6 Å². The van der Waals surface area contributed by atoms with Gasteiger partial charge in [-0.1, -0.05) is 43.7 Å². The molecule has 5 nitrogen and oxygen atoms in total. The summed E-state index contributed by atoms with van der Waals surface area (Å²) in [6.07, 6.45) is 6.25. The first-order chi connectivity index (χ1) is 14.1. The number of fused-ring (bicyclic) bond motifs is 1. The molecule has 0 unspecified atom stereocenters. The van der Waals surface area contributed by atoms with E-state index in [1.807, 2.05) is 48.5 Å². The Balaban J connectivity index is 1.79. The number of amides is 2. The molecule has 3 aromatic rings. The molecule has 0 aliphatic heterocycles. The van der Waals surface area contributed by atoms with Gasteiger partial charge in [0.05, 0.1) is 11.4 Å². The van der Waals surface area contributed by atoms with Crippen LogP contribution in [-0.2, 0) is 16.0 Å². The number of aryl methyl sites for hydroxylation is 1. The Kier molecular flexibility index (Phi) is 7.14. The van der Waals surface area contributed by atoms with Crippen molar-refractivity contribution in [1.29, 1.82) is 0 Å². The fraction of sp³-hybridized carbons (Fsp3) is 0.217. The molecule has 0 spiro atoms. The highest BCUT2D eigenvalue weighted by atomic mass is 32.2. The van der Waals surface area contributed by atoms with Crippen molar-refractivity contribution < 1.29 is 14.0 Å². The van der Waals surface area contributed by atoms with Crippen LogP contribution < -0.4 is 11.1 Å². The van der Waals surface area contributed by atoms with Crippen molar-refractivity contribution >= 4 is 46.3 Å². The van der Waals surface area contributed by atoms with Crippen molar-refractivity contribution in [3.8, 4) is 0 Å². The predicted molar refractivity (Wildman–Crippen MR) is 119 cm³/mol. The normalized spacial score (nSPS) is 11.2. The molecule has 150 valence electrons. The molecule has 0 saturated carbocycles. The summed E-state index contributed by atoms with van der Waals surface area (Å²) in [5, 5.41) is 3.88. The first-order valence-electron chi connectivity index (χ1n) is 9.58. The first kappa shape index (κ1) is 20.7. The van der Waals surface area contributed by atoms with Crippen LogP contribution in [0.3, 0.4) is 0 Å². The Morgan fingerprint density at radius 3 is 2.69 bits per heavy atom. The number of thioether (sulfide) groups is 1. The number of furan rings is 1. The zero-order valence-corrected chi connectivity index (χ0v) is 17.1. The minimum Gasteiger partial charge on any atom is -0.460 e. The average molecular weight is 409 g/mol. The molecule has 2 aromatic carbocycles. The van der Waals surface area contributed by atoms with Gasteiger partial charge >= 0.3 is 0 Å². The third-order valence-electron chi connectivity index (χ3n) is 4.38. The molecule has 0 aliphatic rings. The Morgan fingerprint density at radius 2 is 1.90 bits per heavy atom. The van der Waals surface area contributed by atoms with Gasteiger partial charge in [0.15, 0.2) is 0 Å². The fourth-order valence-corrected chi connectivity index (χ4v) is 3.75. The van der Waals surface area contributed by atoms with E-state index in [4.69, 9.17) is 10.2 Å². The molecule has 1 heterocycles. The third kappa shape index (κ3) is 5.51. The van der Waals surface area contributed by atoms with Crippen LogP contribution in [0.2, 0.25) is 0 Å². The van der Waals surface area contributed by atoms with Crippen molar-refractivity contribution in [2.75, 3.05) is 11.1 Å². The maximum absolute atomic E-state index is 12.5. The molecule has 0 fully saturated rings. The Labute approximate surface area is 174 Å². The standard InChI is InChI=1S/C23H24N2O3S/c1-2-3-10-19-17(16-8-4-6-11-20(16)28-19)13-14-23(27)25-18-9-5-7-12-21(18)29-15-22(24)26/h4-9,11-14H,2-3,10,15H2,1H3,(H2,24,26)(H,25,27). The number of nitrogens with one attached hydrogen (secondary N) is 1. The summed E-state index contributed by atoms with van der Waals surface area (Å²) in [5.41, 5.74) is 7.64. The van der Waals surface area contributed by atoms with Crippen LogP contribution in [0, 0.1) is 0 Å². The van der Waals surface area contributed by atoms with E-state index >= 15 is 0 Å². The minimum atomic E-state index is -0.400. The molecular weight excluding hydrogens is 384 g/mol. The van der Waals surface area contributed by atoms with Gasteiger partial charge in [-0.2, -0.15) is 0 Å². The molecule has 3 rings (SSSR count). The van der Waals surface area contributed by atoms with Crippen LogP contribution in [0.4, 0.5) is 5.69 Å². The van der Waals surface area contributed by atoms with Gasteiger partial charge in [0, 0.05) is 28.3 Å². The molecule has 0 atom stereocenters. The molecular formula is C23H24N2O3S. The van der Waals surface area contributed by atoms with Crippen LogP contribution >= 0.6 is 11.8 Å². The lowest BCUT2D eigenvalue weighted by Crippen LogP contribution is -2.13. The summed E-state index contributed by atoms with van der Waals surface area (Å²) < 4.78 is 6.00. The lowest BCUT2D eigenvalue weighted by molar-refractivity contribution is -0.115. The second-order valence-corrected chi connectivity index (χ2v) is 7.63. The van der Waals surface area contributed by atoms with Gasteiger partial charge in [-0.25, -0.2) is 0 Å². The highest BCUT2D eigenvalue weighted by Crippen LogP contribution is 2.29. The predicted octanol–water partition coefficient (Wildman–Crippen LogP) is 5.00. The molecule has 0 saturated heterocycles. The quantitative estimate of drug-likeness (QED) is 0.385. The Morgan fingerprint density at radius 1 is 1.14 bits per heavy atom. The number of hydrogen-bond donors (Lipinski definition) is 2. The van der Waals surface area contributed by atoms with Gasteiger partial charge < -0.3 is 15.5 Å². The number of primary amides is 1. The van der Waals surface area contributed by atoms with Crippen LogP contribution in [0.5, 0.6) is 0 Å². The summed E-state index contributed by atoms with van der Waals surface area (Å²) in [6, 6.07) is 15.2. The summed E-state index contributed by atoms with van der Waals surface area (Å²) in [4.78, 5) is 24.4. The van der Waals surface area contributed by atoms with Crippen LogP contribution in [0.15, 0.2) is 63.9 Å². The lowest BCUT2D eigenvalue weighted by Gasteiger charge is -2.08. The maximum atomic E-state index is 12.5. The van der Waals surface area contributed by atoms with Gasteiger partial charge in [-0.15, -0.1) is 11.8 Å². The van der Waals surface area contributed by atoms with E-state index in [0.717, 1.165) is 46.5 Å². The second-order valence-electron chi connectivity index (χ2n) is 6.61. The number of rotatable bonds is 9. The lowest BCUT2D eigenvalue weighted by atomic mass is 10.1. The SMILES string of the molecule is CCCCc1oc2ccccc2c1C=CC(=O)Nc1ccccc1SCC(N)=O. The molecule has 0 aliphatic carbocycles. The third-order valence-corrected chi connectivity index (χ3v) is 5.48. The largest absolute Gasteiger partial charge is 0.460 e. The summed E-state index contributed by atoms with van der Waals surface area (Å²) >= 11 is 1.30. The van der Waals surface area contributed by atoms with E-state index in [2.05, 4.69) is 12.2 Å². The number of benzene rings is 2. The van der Waals surface area contributed by atoms with Gasteiger partial charge in [0.2, 0.25) is 11.8 Å². The van der Waals surface area contributed by atoms with Crippen molar-refractivity contribution in [1.82, 2.24) is 0 Å². The molecule has 3 N–H and O–H groups in total. The van der Waals surface area contributed by atoms with E-state index in [1.165, 1.54) is 17.8 Å². The fourth-order valence-electron chi connectivity index (χ4n) is 3.00. The van der Waals surface area contributed by atoms with Crippen molar-refractivity contribution in [3.63, 3.8) is 0 Å². The monoisotopic (exact) mass is 408 g/mol. The van der Waals surface area contributed by atoms with E-state index < -0.39 is 5.91 Å². The molecule has 2 amide bonds. The topological polar surface area (TPSA) is 85.3 Å². The number of hydrogen-bond acceptors (Lipinski definition) is 4. The zero-order valence-electron chi connectivity index (χ0n) is 16.3.